The smallest absolute Gasteiger partial charge is 0.328 e. The molecule has 0 aliphatic carbocycles. The Morgan fingerprint density at radius 3 is 2.51 bits per heavy atom. The normalized spacial score (nSPS) is 17.6. The zero-order valence-electron chi connectivity index (χ0n) is 21.8. The van der Waals surface area contributed by atoms with Crippen molar-refractivity contribution in [3.05, 3.63) is 28.4 Å². The number of fused-ring (bicyclic) bond motifs is 1. The van der Waals surface area contributed by atoms with Crippen molar-refractivity contribution in [3.63, 3.8) is 0 Å². The summed E-state index contributed by atoms with van der Waals surface area (Å²) in [6.07, 6.45) is 1.80. The van der Waals surface area contributed by atoms with Gasteiger partial charge in [0, 0.05) is 28.4 Å². The van der Waals surface area contributed by atoms with Crippen LogP contribution in [-0.4, -0.2) is 55.5 Å². The molecule has 3 atom stereocenters. The molecule has 1 aromatic heterocycles. The number of amides is 3. The number of piperidine rings is 1. The average molecular weight is 535 g/mol. The molecule has 2 heterocycles. The molecule has 3 amide bonds. The third-order valence-electron chi connectivity index (χ3n) is 6.53. The Kier molecular flexibility index (Phi) is 8.73. The molecule has 0 spiro atoms. The van der Waals surface area contributed by atoms with Crippen LogP contribution >= 0.6 is 11.6 Å². The maximum Gasteiger partial charge on any atom is 0.328 e. The number of H-pyrrole nitrogens is 1. The summed E-state index contributed by atoms with van der Waals surface area (Å²) in [7, 11) is 2.70. The Morgan fingerprint density at radius 1 is 1.24 bits per heavy atom. The Balaban J connectivity index is 2.09. The molecule has 5 N–H and O–H groups in total. The second-order valence-corrected chi connectivity index (χ2v) is 11.0. The Labute approximate surface area is 221 Å². The van der Waals surface area contributed by atoms with Gasteiger partial charge in [-0.3, -0.25) is 14.4 Å². The van der Waals surface area contributed by atoms with Gasteiger partial charge in [-0.15, -0.1) is 0 Å². The molecule has 1 fully saturated rings. The largest absolute Gasteiger partial charge is 0.496 e. The first-order chi connectivity index (χ1) is 17.4. The number of hydrogen-bond donors (Lipinski definition) is 4. The summed E-state index contributed by atoms with van der Waals surface area (Å²) in [5.41, 5.74) is 6.28. The Morgan fingerprint density at radius 2 is 1.95 bits per heavy atom. The number of methoxy groups -OCH3 is 2. The molecule has 0 saturated carbocycles. The summed E-state index contributed by atoms with van der Waals surface area (Å²) in [6.45, 7) is 6.47. The number of carbonyl (C=O) groups is 4. The van der Waals surface area contributed by atoms with Crippen LogP contribution in [0.5, 0.6) is 5.75 Å². The highest BCUT2D eigenvalue weighted by molar-refractivity contribution is 6.31. The molecule has 0 radical (unpaired) electrons. The lowest BCUT2D eigenvalue weighted by Gasteiger charge is -2.29. The van der Waals surface area contributed by atoms with Gasteiger partial charge in [0.25, 0.3) is 5.91 Å². The molecular formula is C26H35ClN4O6. The van der Waals surface area contributed by atoms with Gasteiger partial charge in [0.15, 0.2) is 0 Å². The van der Waals surface area contributed by atoms with Crippen molar-refractivity contribution in [2.45, 2.75) is 58.4 Å². The number of aromatic amines is 1. The molecule has 1 aromatic carbocycles. The first kappa shape index (κ1) is 28.3. The minimum absolute atomic E-state index is 0.0567. The number of ether oxygens (including phenoxy) is 2. The molecule has 1 aliphatic rings. The number of carbonyl (C=O) groups excluding carboxylic acids is 4. The highest BCUT2D eigenvalue weighted by Gasteiger charge is 2.37. The third kappa shape index (κ3) is 6.54. The van der Waals surface area contributed by atoms with Gasteiger partial charge in [0.05, 0.1) is 25.7 Å². The molecule has 3 rings (SSSR count). The molecule has 1 saturated heterocycles. The van der Waals surface area contributed by atoms with Crippen LogP contribution in [0.1, 0.15) is 68.4 Å². The summed E-state index contributed by atoms with van der Waals surface area (Å²) < 4.78 is 10.5. The van der Waals surface area contributed by atoms with E-state index in [2.05, 4.69) is 15.6 Å². The van der Waals surface area contributed by atoms with Crippen LogP contribution in [0.15, 0.2) is 12.1 Å². The summed E-state index contributed by atoms with van der Waals surface area (Å²) >= 11 is 6.24. The lowest BCUT2D eigenvalue weighted by atomic mass is 9.79. The van der Waals surface area contributed by atoms with E-state index in [1.54, 1.807) is 12.1 Å². The van der Waals surface area contributed by atoms with E-state index in [-0.39, 0.29) is 23.4 Å². The first-order valence-corrected chi connectivity index (χ1v) is 12.6. The van der Waals surface area contributed by atoms with Gasteiger partial charge in [-0.05, 0) is 43.2 Å². The molecular weight excluding hydrogens is 500 g/mol. The summed E-state index contributed by atoms with van der Waals surface area (Å²) in [4.78, 5) is 54.4. The summed E-state index contributed by atoms with van der Waals surface area (Å²) in [5.74, 6) is -3.01. The highest BCUT2D eigenvalue weighted by atomic mass is 35.5. The third-order valence-corrected chi connectivity index (χ3v) is 6.75. The summed E-state index contributed by atoms with van der Waals surface area (Å²) in [5, 5.41) is 6.48. The predicted octanol–water partition coefficient (Wildman–Crippen LogP) is 3.02. The van der Waals surface area contributed by atoms with Crippen molar-refractivity contribution in [3.8, 4) is 5.75 Å². The second kappa shape index (κ2) is 11.4. The molecule has 0 unspecified atom stereocenters. The van der Waals surface area contributed by atoms with Crippen molar-refractivity contribution in [2.75, 3.05) is 20.8 Å². The van der Waals surface area contributed by atoms with Gasteiger partial charge >= 0.3 is 5.97 Å². The number of nitrogens with one attached hydrogen (secondary N) is 3. The van der Waals surface area contributed by atoms with Crippen molar-refractivity contribution < 1.29 is 28.7 Å². The van der Waals surface area contributed by atoms with Crippen molar-refractivity contribution in [1.29, 1.82) is 0 Å². The average Bonchev–Trinajstić information content (AvgIpc) is 3.21. The number of hydrogen-bond acceptors (Lipinski definition) is 6. The maximum absolute atomic E-state index is 13.9. The standard InChI is InChI=1S/C26H35ClN4O6/c1-26(2,3)12-15(19-20-16(30-21(19)22(28)32)10-14(27)11-18(20)36-4)24(34)31-17(25(35)37-5)9-13-7-6-8-29-23(13)33/h10-11,13,15,17,30H,6-9,12H2,1-5H3,(H2,28,32)(H,29,33)(H,31,34)/t13-,15-,17-/m0/s1. The number of rotatable bonds is 9. The van der Waals surface area contributed by atoms with Gasteiger partial charge in [-0.2, -0.15) is 0 Å². The van der Waals surface area contributed by atoms with Gasteiger partial charge in [-0.25, -0.2) is 4.79 Å². The van der Waals surface area contributed by atoms with E-state index in [1.807, 2.05) is 20.8 Å². The van der Waals surface area contributed by atoms with Crippen molar-refractivity contribution >= 4 is 46.2 Å². The van der Waals surface area contributed by atoms with E-state index in [9.17, 15) is 19.2 Å². The molecule has 10 nitrogen and oxygen atoms in total. The topological polar surface area (TPSA) is 153 Å². The van der Waals surface area contributed by atoms with E-state index >= 15 is 0 Å². The van der Waals surface area contributed by atoms with E-state index in [0.29, 0.717) is 46.6 Å². The summed E-state index contributed by atoms with van der Waals surface area (Å²) in [6, 6.07) is 2.17. The van der Waals surface area contributed by atoms with Crippen molar-refractivity contribution in [2.24, 2.45) is 17.1 Å². The van der Waals surface area contributed by atoms with E-state index in [4.69, 9.17) is 26.8 Å². The SMILES string of the molecule is COC(=O)[C@H](C[C@@H]1CCCNC1=O)NC(=O)[C@@H](CC(C)(C)C)c1c(C(N)=O)[nH]c2cc(Cl)cc(OC)c12. The van der Waals surface area contributed by atoms with Gasteiger partial charge in [-0.1, -0.05) is 32.4 Å². The quantitative estimate of drug-likeness (QED) is 0.363. The minimum atomic E-state index is -1.05. The second-order valence-electron chi connectivity index (χ2n) is 10.6. The van der Waals surface area contributed by atoms with Crippen LogP contribution in [0.25, 0.3) is 10.9 Å². The van der Waals surface area contributed by atoms with Crippen LogP contribution in [0, 0.1) is 11.3 Å². The van der Waals surface area contributed by atoms with Gasteiger partial charge in [0.1, 0.15) is 17.5 Å². The fraction of sp³-hybridized carbons (Fsp3) is 0.538. The number of aromatic nitrogens is 1. The first-order valence-electron chi connectivity index (χ1n) is 12.2. The molecule has 2 aromatic rings. The number of halogens is 1. The molecule has 1 aliphatic heterocycles. The van der Waals surface area contributed by atoms with Crippen LogP contribution in [0.4, 0.5) is 0 Å². The lowest BCUT2D eigenvalue weighted by molar-refractivity contribution is -0.146. The molecule has 202 valence electrons. The van der Waals surface area contributed by atoms with E-state index in [1.165, 1.54) is 14.2 Å². The monoisotopic (exact) mass is 534 g/mol. The van der Waals surface area contributed by atoms with E-state index < -0.39 is 35.7 Å². The van der Waals surface area contributed by atoms with Crippen LogP contribution in [0.3, 0.4) is 0 Å². The number of benzene rings is 1. The fourth-order valence-corrected chi connectivity index (χ4v) is 5.11. The predicted molar refractivity (Wildman–Crippen MR) is 139 cm³/mol. The number of nitrogens with two attached hydrogens (primary N) is 1. The lowest BCUT2D eigenvalue weighted by Crippen LogP contribution is -2.48. The Hall–Kier alpha value is -3.27. The molecule has 11 heteroatoms. The van der Waals surface area contributed by atoms with Crippen LogP contribution in [-0.2, 0) is 19.1 Å². The zero-order chi connectivity index (χ0) is 27.5. The fourth-order valence-electron chi connectivity index (χ4n) is 4.90. The zero-order valence-corrected chi connectivity index (χ0v) is 22.6. The number of esters is 1. The molecule has 0 bridgehead atoms. The highest BCUT2D eigenvalue weighted by Crippen LogP contribution is 2.42. The van der Waals surface area contributed by atoms with Crippen LogP contribution in [0.2, 0.25) is 5.02 Å². The van der Waals surface area contributed by atoms with Gasteiger partial charge in [0.2, 0.25) is 11.8 Å². The van der Waals surface area contributed by atoms with Gasteiger partial charge < -0.3 is 30.8 Å². The van der Waals surface area contributed by atoms with Crippen molar-refractivity contribution in [1.82, 2.24) is 15.6 Å². The maximum atomic E-state index is 13.9. The van der Waals surface area contributed by atoms with E-state index in [0.717, 1.165) is 6.42 Å². The minimum Gasteiger partial charge on any atom is -0.496 e. The van der Waals surface area contributed by atoms with Crippen LogP contribution < -0.4 is 21.1 Å². The number of primary amides is 1. The Bertz CT molecular complexity index is 1200. The molecule has 37 heavy (non-hydrogen) atoms.